The van der Waals surface area contributed by atoms with Gasteiger partial charge in [0, 0.05) is 19.3 Å². The highest BCUT2D eigenvalue weighted by Gasteiger charge is 2.00. The van der Waals surface area contributed by atoms with Crippen LogP contribution in [0.15, 0.2) is 42.5 Å². The van der Waals surface area contributed by atoms with Crippen molar-refractivity contribution in [1.82, 2.24) is 0 Å². The van der Waals surface area contributed by atoms with Gasteiger partial charge in [-0.05, 0) is 29.3 Å². The van der Waals surface area contributed by atoms with E-state index in [0.29, 0.717) is 16.7 Å². The van der Waals surface area contributed by atoms with Crippen LogP contribution in [0, 0.1) is 0 Å². The summed E-state index contributed by atoms with van der Waals surface area (Å²) in [6.45, 7) is 1.36. The normalized spacial score (nSPS) is 10.5. The quantitative estimate of drug-likeness (QED) is 0.859. The number of nitrogens with one attached hydrogen (secondary N) is 1. The molecule has 0 aliphatic rings. The maximum atomic E-state index is 5.97. The Labute approximate surface area is 123 Å². The number of rotatable bonds is 5. The lowest BCUT2D eigenvalue weighted by atomic mass is 10.1. The number of halogens is 2. The Morgan fingerprint density at radius 3 is 2.53 bits per heavy atom. The van der Waals surface area contributed by atoms with Crippen LogP contribution in [0.3, 0.4) is 0 Å². The Morgan fingerprint density at radius 1 is 1.00 bits per heavy atom. The van der Waals surface area contributed by atoms with E-state index in [2.05, 4.69) is 17.4 Å². The van der Waals surface area contributed by atoms with Gasteiger partial charge in [0.25, 0.3) is 0 Å². The maximum Gasteiger partial charge on any atom is 0.0713 e. The summed E-state index contributed by atoms with van der Waals surface area (Å²) in [6, 6.07) is 13.8. The van der Waals surface area contributed by atoms with Crippen LogP contribution < -0.4 is 5.32 Å². The van der Waals surface area contributed by atoms with Crippen LogP contribution >= 0.6 is 23.2 Å². The number of hydrogen-bond donors (Lipinski definition) is 1. The topological polar surface area (TPSA) is 21.3 Å². The molecule has 19 heavy (non-hydrogen) atoms. The minimum absolute atomic E-state index is 0.555. The molecule has 0 saturated carbocycles. The Hall–Kier alpha value is -1.22. The first kappa shape index (κ1) is 14.2. The maximum absolute atomic E-state index is 5.97. The predicted molar refractivity (Wildman–Crippen MR) is 80.9 cm³/mol. The van der Waals surface area contributed by atoms with Crippen LogP contribution in [0.25, 0.3) is 0 Å². The summed E-state index contributed by atoms with van der Waals surface area (Å²) in [6.07, 6.45) is 0. The highest BCUT2D eigenvalue weighted by atomic mass is 35.5. The standard InChI is InChI=1S/C15H15Cl2NO/c1-19-10-12-4-2-3-11(7-12)9-18-13-5-6-14(16)15(17)8-13/h2-8,18H,9-10H2,1H3. The van der Waals surface area contributed by atoms with Crippen molar-refractivity contribution in [2.24, 2.45) is 0 Å². The minimum Gasteiger partial charge on any atom is -0.381 e. The summed E-state index contributed by atoms with van der Waals surface area (Å²) in [7, 11) is 1.70. The van der Waals surface area contributed by atoms with Crippen LogP contribution in [0.2, 0.25) is 10.0 Å². The van der Waals surface area contributed by atoms with Gasteiger partial charge in [-0.15, -0.1) is 0 Å². The molecule has 0 unspecified atom stereocenters. The highest BCUT2D eigenvalue weighted by Crippen LogP contribution is 2.25. The molecule has 2 rings (SSSR count). The van der Waals surface area contributed by atoms with Crippen LogP contribution in [0.5, 0.6) is 0 Å². The van der Waals surface area contributed by atoms with Gasteiger partial charge >= 0.3 is 0 Å². The van der Waals surface area contributed by atoms with Crippen molar-refractivity contribution in [3.05, 3.63) is 63.6 Å². The van der Waals surface area contributed by atoms with Gasteiger partial charge in [0.2, 0.25) is 0 Å². The zero-order valence-corrected chi connectivity index (χ0v) is 12.1. The lowest BCUT2D eigenvalue weighted by Gasteiger charge is -2.09. The largest absolute Gasteiger partial charge is 0.381 e. The van der Waals surface area contributed by atoms with Crippen molar-refractivity contribution >= 4 is 28.9 Å². The molecule has 0 spiro atoms. The van der Waals surface area contributed by atoms with E-state index in [9.17, 15) is 0 Å². The molecule has 0 atom stereocenters. The van der Waals surface area contributed by atoms with Gasteiger partial charge in [-0.2, -0.15) is 0 Å². The number of methoxy groups -OCH3 is 1. The summed E-state index contributed by atoms with van der Waals surface area (Å²) in [5.74, 6) is 0. The van der Waals surface area contributed by atoms with Crippen LogP contribution in [0.4, 0.5) is 5.69 Å². The summed E-state index contributed by atoms with van der Waals surface area (Å²) in [5, 5.41) is 4.43. The molecule has 2 nitrogen and oxygen atoms in total. The van der Waals surface area contributed by atoms with E-state index in [1.54, 1.807) is 13.2 Å². The SMILES string of the molecule is COCc1cccc(CNc2ccc(Cl)c(Cl)c2)c1. The monoisotopic (exact) mass is 295 g/mol. The Kier molecular flexibility index (Phi) is 5.08. The van der Waals surface area contributed by atoms with E-state index in [-0.39, 0.29) is 0 Å². The van der Waals surface area contributed by atoms with Gasteiger partial charge in [0.1, 0.15) is 0 Å². The molecule has 4 heteroatoms. The average molecular weight is 296 g/mol. The second-order valence-electron chi connectivity index (χ2n) is 4.24. The van der Waals surface area contributed by atoms with Gasteiger partial charge < -0.3 is 10.1 Å². The fourth-order valence-electron chi connectivity index (χ4n) is 1.81. The van der Waals surface area contributed by atoms with Gasteiger partial charge in [0.15, 0.2) is 0 Å². The van der Waals surface area contributed by atoms with Gasteiger partial charge in [-0.25, -0.2) is 0 Å². The molecule has 0 radical (unpaired) electrons. The third-order valence-electron chi connectivity index (χ3n) is 2.72. The van der Waals surface area contributed by atoms with E-state index in [4.69, 9.17) is 27.9 Å². The first-order valence-electron chi connectivity index (χ1n) is 5.94. The molecule has 2 aromatic carbocycles. The highest BCUT2D eigenvalue weighted by molar-refractivity contribution is 6.42. The van der Waals surface area contributed by atoms with Crippen molar-refractivity contribution < 1.29 is 4.74 Å². The third kappa shape index (κ3) is 4.13. The van der Waals surface area contributed by atoms with E-state index in [1.807, 2.05) is 24.3 Å². The number of benzene rings is 2. The van der Waals surface area contributed by atoms with Crippen molar-refractivity contribution in [2.75, 3.05) is 12.4 Å². The second kappa shape index (κ2) is 6.80. The molecule has 0 fully saturated rings. The minimum atomic E-state index is 0.555. The second-order valence-corrected chi connectivity index (χ2v) is 5.05. The molecule has 0 saturated heterocycles. The molecule has 0 aromatic heterocycles. The molecule has 2 aromatic rings. The summed E-state index contributed by atoms with van der Waals surface area (Å²) < 4.78 is 5.12. The first-order chi connectivity index (χ1) is 9.19. The predicted octanol–water partition coefficient (Wildman–Crippen LogP) is 4.75. The lowest BCUT2D eigenvalue weighted by molar-refractivity contribution is 0.185. The van der Waals surface area contributed by atoms with Crippen LogP contribution in [-0.4, -0.2) is 7.11 Å². The van der Waals surface area contributed by atoms with Crippen molar-refractivity contribution in [3.8, 4) is 0 Å². The molecular formula is C15H15Cl2NO. The molecule has 0 bridgehead atoms. The molecule has 0 heterocycles. The molecule has 100 valence electrons. The smallest absolute Gasteiger partial charge is 0.0713 e. The van der Waals surface area contributed by atoms with E-state index in [1.165, 1.54) is 5.56 Å². The fraction of sp³-hybridized carbons (Fsp3) is 0.200. The molecule has 0 amide bonds. The van der Waals surface area contributed by atoms with Crippen molar-refractivity contribution in [2.45, 2.75) is 13.2 Å². The number of anilines is 1. The van der Waals surface area contributed by atoms with E-state index in [0.717, 1.165) is 17.8 Å². The van der Waals surface area contributed by atoms with Gasteiger partial charge in [-0.1, -0.05) is 47.5 Å². The molecule has 0 aliphatic heterocycles. The molecule has 1 N–H and O–H groups in total. The first-order valence-corrected chi connectivity index (χ1v) is 6.70. The lowest BCUT2D eigenvalue weighted by Crippen LogP contribution is -2.00. The van der Waals surface area contributed by atoms with Crippen molar-refractivity contribution in [1.29, 1.82) is 0 Å². The third-order valence-corrected chi connectivity index (χ3v) is 3.46. The Bertz CT molecular complexity index is 558. The average Bonchev–Trinajstić information content (AvgIpc) is 2.41. The van der Waals surface area contributed by atoms with Gasteiger partial charge in [-0.3, -0.25) is 0 Å². The summed E-state index contributed by atoms with van der Waals surface area (Å²) in [4.78, 5) is 0. The van der Waals surface area contributed by atoms with Crippen molar-refractivity contribution in [3.63, 3.8) is 0 Å². The van der Waals surface area contributed by atoms with E-state index < -0.39 is 0 Å². The summed E-state index contributed by atoms with van der Waals surface area (Å²) >= 11 is 11.9. The number of ether oxygens (including phenoxy) is 1. The Morgan fingerprint density at radius 2 is 1.79 bits per heavy atom. The number of hydrogen-bond acceptors (Lipinski definition) is 2. The Balaban J connectivity index is 2.01. The fourth-order valence-corrected chi connectivity index (χ4v) is 2.10. The summed E-state index contributed by atoms with van der Waals surface area (Å²) in [5.41, 5.74) is 3.31. The zero-order valence-electron chi connectivity index (χ0n) is 10.6. The van der Waals surface area contributed by atoms with Crippen LogP contribution in [-0.2, 0) is 17.9 Å². The van der Waals surface area contributed by atoms with Gasteiger partial charge in [0.05, 0.1) is 16.7 Å². The van der Waals surface area contributed by atoms with Crippen LogP contribution in [0.1, 0.15) is 11.1 Å². The molecular weight excluding hydrogens is 281 g/mol. The van der Waals surface area contributed by atoms with E-state index >= 15 is 0 Å². The molecule has 0 aliphatic carbocycles. The zero-order chi connectivity index (χ0) is 13.7.